The minimum absolute atomic E-state index is 0. The number of carboxylic acid groups (broad SMARTS) is 1. The molecule has 0 spiro atoms. The number of aliphatic hydroxyl groups is 1. The summed E-state index contributed by atoms with van der Waals surface area (Å²) < 4.78 is 150. The first-order valence-corrected chi connectivity index (χ1v) is 40.5. The number of hydrogen-bond donors (Lipinski definition) is 3. The Morgan fingerprint density at radius 2 is 0.949 bits per heavy atom. The number of likely N-dealkylation sites (tertiary alicyclic amines) is 2. The number of alkyl halides is 12. The van der Waals surface area contributed by atoms with Gasteiger partial charge in [-0.3, -0.25) is 28.8 Å². The number of amides is 1. The third-order valence-electron chi connectivity index (χ3n) is 20.0. The zero-order valence-electron chi connectivity index (χ0n) is 75.6. The van der Waals surface area contributed by atoms with Crippen molar-refractivity contribution in [3.05, 3.63) is 177 Å². The van der Waals surface area contributed by atoms with E-state index in [0.29, 0.717) is 112 Å². The zero-order chi connectivity index (χ0) is 92.1. The van der Waals surface area contributed by atoms with Gasteiger partial charge in [-0.25, -0.2) is 70.6 Å². The molecule has 6 aliphatic heterocycles. The Kier molecular flexibility index (Phi) is 73.7. The van der Waals surface area contributed by atoms with Gasteiger partial charge in [-0.1, -0.05) is 94.0 Å². The number of likely N-dealkylation sites (N-methyl/N-ethyl adjacent to an activating group) is 2. The number of aromatic nitrogens is 4. The predicted octanol–water partition coefficient (Wildman–Crippen LogP) is 10.1. The number of Topliss-reactive ketones (excluding diaryl/α,β-unsaturated/α-hetero) is 3. The summed E-state index contributed by atoms with van der Waals surface area (Å²) in [6.45, 7) is 29.6. The molecule has 8 heterocycles. The number of hydrogen-bond acceptors (Lipinski definition) is 22. The summed E-state index contributed by atoms with van der Waals surface area (Å²) in [6.07, 6.45) is -8.07. The first-order chi connectivity index (χ1) is 59.4. The Hall–Kier alpha value is -7.41. The number of nitrogens with zero attached hydrogens (tertiary/aromatic N) is 13. The van der Waals surface area contributed by atoms with Crippen molar-refractivity contribution in [2.24, 2.45) is 0 Å². The molecule has 12 rings (SSSR count). The average Bonchev–Trinajstić information content (AvgIpc) is 1.08. The van der Waals surface area contributed by atoms with Gasteiger partial charge in [-0.2, -0.15) is 73.9 Å². The summed E-state index contributed by atoms with van der Waals surface area (Å²) in [4.78, 5) is 114. The Morgan fingerprint density at radius 1 is 0.544 bits per heavy atom. The first-order valence-electron chi connectivity index (χ1n) is 39.7. The maximum atomic E-state index is 12.8. The van der Waals surface area contributed by atoms with E-state index in [-0.39, 0.29) is 181 Å². The molecule has 5 atom stereocenters. The van der Waals surface area contributed by atoms with Crippen molar-refractivity contribution in [2.75, 3.05) is 125 Å². The van der Waals surface area contributed by atoms with Crippen LogP contribution in [-0.2, 0) is 59.5 Å². The second-order valence-corrected chi connectivity index (χ2v) is 30.3. The Bertz CT molecular complexity index is 4800. The number of aliphatic hydroxyl groups excluding tert-OH is 1. The van der Waals surface area contributed by atoms with Crippen LogP contribution >= 0.6 is 77.2 Å². The van der Waals surface area contributed by atoms with E-state index < -0.39 is 92.8 Å². The van der Waals surface area contributed by atoms with E-state index in [4.69, 9.17) is 76.0 Å². The van der Waals surface area contributed by atoms with E-state index in [2.05, 4.69) is 101 Å². The van der Waals surface area contributed by atoms with Crippen molar-refractivity contribution < 1.29 is 172 Å². The van der Waals surface area contributed by atoms with Crippen LogP contribution in [0, 0.1) is 13.1 Å². The largest absolute Gasteiger partial charge is 1.00 e. The van der Waals surface area contributed by atoms with Crippen molar-refractivity contribution >= 4 is 171 Å². The number of carboxylic acids is 1. The number of carbonyl (C=O) groups is 7. The van der Waals surface area contributed by atoms with E-state index in [1.165, 1.54) is 30.7 Å². The molecule has 0 aliphatic carbocycles. The SMILES string of the molecule is C.C.C.CC(=O)/C=C/C(F)F.CC(=O)/C=C/C(F)F.CC(=O)CC(=O)C(F)F.CC(=O)CC(O)C(F)F.O=C(O)/C=C/C(F)F.S.S.S.S.[B].[C-]#[N+]C[C@H]1CN(c2nc(OC[C@@H]3CCCN3C)nc3c2CCN(c2cccc4cccc(Cl)c24)C3)CCN1.[C-]#[N+]C[C@H]1CN(c2nc(OC[C@@H]3CCCN3C)nc3c2CCN(c2cccc4cccc(Cl)c24)C3)CCN1C(=O)/C=C/C(F)F.[H-].[Na+].[Na+].[OH-]. The van der Waals surface area contributed by atoms with Crippen LogP contribution in [0.5, 0.6) is 12.0 Å². The third kappa shape index (κ3) is 47.2. The van der Waals surface area contributed by atoms with Crippen LogP contribution < -0.4 is 93.5 Å². The molecule has 0 bridgehead atoms. The standard InChI is InChI=1S/C33H36ClF2N7O2.C29H34ClN7O.C5H8F2O2.C5H6F2O2.2C5H6F2O.C4H4F2O2.3CH4.B.2Na.H2O.4H2S.H/c1-37-18-24-19-42(16-17-43(24)30(44)12-11-29(35)36)32-25-13-15-41(28-10-4-7-22-6-3-9-26(34)31(22)28)20-27(25)38-33(39-32)45-21-23-8-5-14-40(23)2;1-31-16-21-17-37(15-12-32-21)28-23-11-14-36(26-10-4-7-20-6-3-9-24(30)27(20)26)18-25(23)33-29(34-28)38-19-22-8-5-13-35(22)2;2*1-3(8)2-4(9)5(6)7;2*1-4(8)2-3-5(6)7;5-3(6)1-2-4(7)8;;;;;;;;;;;;/h3-4,6-7,9-12,23-24,29H,5,8,13-21H2,2H3;3-4,6-7,9-10,21-22,32H,5,8,11-19H2,2H3;4-5,9H,2H2,1H3;5H,2H2,1H3;2*2-3,5H,1H3;1-3H,(H,7,8);3*1H4;;;;5*1H2;/q;;;;;;;;;;;2*+1;;;;;;-1/p-1/b12-11+;;;;2*3-2+;2-1+;;;;;;;;;;;;/t23-,24-;21-,22-;;;;;;;;;;;;;;;;;/m00................./s1. The van der Waals surface area contributed by atoms with Crippen LogP contribution in [0.25, 0.3) is 31.2 Å². The number of piperazine rings is 2. The minimum atomic E-state index is -3.01. The average molecular weight is 2060 g/mol. The van der Waals surface area contributed by atoms with Crippen molar-refractivity contribution in [3.63, 3.8) is 0 Å². The molecule has 0 saturated carbocycles. The van der Waals surface area contributed by atoms with Gasteiger partial charge >= 0.3 is 77.1 Å². The molecule has 6 aromatic rings. The number of allylic oxidation sites excluding steroid dienone is 6. The molecule has 747 valence electrons. The van der Waals surface area contributed by atoms with Crippen LogP contribution in [0.2, 0.25) is 10.0 Å². The fraction of sp³-hybridized carbons (Fsp3) is 0.494. The number of fused-ring (bicyclic) bond motifs is 4. The van der Waals surface area contributed by atoms with Crippen molar-refractivity contribution in [1.82, 2.24) is 40.0 Å². The summed E-state index contributed by atoms with van der Waals surface area (Å²) in [5, 5.41) is 25.3. The number of ether oxygens (including phenoxy) is 2. The molecule has 4 saturated heterocycles. The summed E-state index contributed by atoms with van der Waals surface area (Å²) in [5.74, 6) is -3.12. The quantitative estimate of drug-likeness (QED) is 0.0149. The van der Waals surface area contributed by atoms with Gasteiger partial charge in [0.25, 0.3) is 38.6 Å². The molecular formula is C89H122BCl2F12N14Na2O12S4. The molecule has 4 fully saturated rings. The molecule has 4 N–H and O–H groups in total. The van der Waals surface area contributed by atoms with Crippen LogP contribution in [-0.4, -0.2) is 274 Å². The maximum Gasteiger partial charge on any atom is 1.00 e. The normalized spacial score (nSPS) is 16.5. The smallest absolute Gasteiger partial charge is 1.00 e. The van der Waals surface area contributed by atoms with Crippen molar-refractivity contribution in [3.8, 4) is 12.0 Å². The Morgan fingerprint density at radius 3 is 1.28 bits per heavy atom. The number of halogens is 14. The van der Waals surface area contributed by atoms with Gasteiger partial charge < -0.3 is 75.9 Å². The first kappa shape index (κ1) is 139. The number of benzene rings is 4. The predicted molar refractivity (Wildman–Crippen MR) is 522 cm³/mol. The number of ketones is 5. The fourth-order valence-corrected chi connectivity index (χ4v) is 14.6. The number of aliphatic carboxylic acids is 1. The van der Waals surface area contributed by atoms with Gasteiger partial charge in [0.2, 0.25) is 24.8 Å². The van der Waals surface area contributed by atoms with Crippen molar-refractivity contribution in [2.45, 2.75) is 183 Å². The molecule has 136 heavy (non-hydrogen) atoms. The van der Waals surface area contributed by atoms with Gasteiger partial charge in [-0.05, 0) is 165 Å². The zero-order valence-corrected chi connectivity index (χ0v) is 84.1. The molecule has 6 aliphatic rings. The Balaban J connectivity index is -0.000000329. The van der Waals surface area contributed by atoms with Crippen LogP contribution in [0.15, 0.2) is 121 Å². The van der Waals surface area contributed by atoms with Gasteiger partial charge in [0.05, 0.1) is 47.0 Å². The molecule has 1 amide bonds. The number of nitrogens with one attached hydrogen (secondary N) is 1. The molecule has 2 aromatic heterocycles. The summed E-state index contributed by atoms with van der Waals surface area (Å²) >= 11 is 13.4. The molecule has 1 unspecified atom stereocenters. The van der Waals surface area contributed by atoms with Gasteiger partial charge in [-0.15, -0.1) is 0 Å². The number of rotatable bonds is 26. The second kappa shape index (κ2) is 71.9. The van der Waals surface area contributed by atoms with Crippen LogP contribution in [0.1, 0.15) is 112 Å². The summed E-state index contributed by atoms with van der Waals surface area (Å²) in [5.41, 5.74) is 6.27. The van der Waals surface area contributed by atoms with Crippen LogP contribution in [0.3, 0.4) is 0 Å². The fourth-order valence-electron chi connectivity index (χ4n) is 14.0. The summed E-state index contributed by atoms with van der Waals surface area (Å²) in [6, 6.07) is 25.7. The van der Waals surface area contributed by atoms with E-state index in [1.54, 1.807) is 0 Å². The summed E-state index contributed by atoms with van der Waals surface area (Å²) in [7, 11) is 4.26. The van der Waals surface area contributed by atoms with E-state index >= 15 is 0 Å². The van der Waals surface area contributed by atoms with Gasteiger partial charge in [0.1, 0.15) is 48.6 Å². The van der Waals surface area contributed by atoms with Gasteiger partial charge in [0.15, 0.2) is 11.6 Å². The molecule has 4 aromatic carbocycles. The monoisotopic (exact) mass is 2060 g/mol. The topological polar surface area (TPSA) is 303 Å². The molecule has 3 radical (unpaired) electrons. The Labute approximate surface area is 873 Å². The minimum Gasteiger partial charge on any atom is -1.00 e. The van der Waals surface area contributed by atoms with E-state index in [0.717, 1.165) is 170 Å². The third-order valence-corrected chi connectivity index (χ3v) is 20.6. The maximum absolute atomic E-state index is 12.8. The van der Waals surface area contributed by atoms with Gasteiger partial charge in [0, 0.05) is 125 Å². The van der Waals surface area contributed by atoms with E-state index in [1.807, 2.05) is 30.3 Å². The number of carbonyl (C=O) groups excluding carboxylic acids is 6. The number of anilines is 4. The molecule has 47 heteroatoms. The van der Waals surface area contributed by atoms with E-state index in [9.17, 15) is 86.2 Å². The molecule has 26 nitrogen and oxygen atoms in total. The second-order valence-electron chi connectivity index (χ2n) is 29.5. The van der Waals surface area contributed by atoms with Crippen molar-refractivity contribution in [1.29, 1.82) is 0 Å². The van der Waals surface area contributed by atoms with Crippen LogP contribution in [0.4, 0.5) is 75.7 Å². The molecular weight excluding hydrogens is 1940 g/mol.